The van der Waals surface area contributed by atoms with Gasteiger partial charge >= 0.3 is 6.09 Å². The first-order valence-electron chi connectivity index (χ1n) is 5.78. The Balaban J connectivity index is 2.57. The summed E-state index contributed by atoms with van der Waals surface area (Å²) in [5, 5.41) is 2.39. The summed E-state index contributed by atoms with van der Waals surface area (Å²) in [6.45, 7) is 5.53. The summed E-state index contributed by atoms with van der Waals surface area (Å²) in [6.07, 6.45) is -0.749. The zero-order valence-corrected chi connectivity index (χ0v) is 10.9. The number of carbonyl (C=O) groups excluding carboxylic acids is 3. The Hall–Kier alpha value is -1.63. The van der Waals surface area contributed by atoms with Gasteiger partial charge in [0.2, 0.25) is 5.91 Å². The van der Waals surface area contributed by atoms with E-state index in [9.17, 15) is 14.4 Å². The van der Waals surface area contributed by atoms with Gasteiger partial charge in [0.25, 0.3) is 5.91 Å². The molecule has 3 amide bonds. The average molecular weight is 257 g/mol. The summed E-state index contributed by atoms with van der Waals surface area (Å²) >= 11 is 0. The highest BCUT2D eigenvalue weighted by Crippen LogP contribution is 2.13. The van der Waals surface area contributed by atoms with Crippen molar-refractivity contribution in [2.24, 2.45) is 5.73 Å². The second-order valence-corrected chi connectivity index (χ2v) is 5.08. The van der Waals surface area contributed by atoms with E-state index in [0.29, 0.717) is 0 Å². The van der Waals surface area contributed by atoms with Gasteiger partial charge in [0.05, 0.1) is 6.42 Å². The topological polar surface area (TPSA) is 102 Å². The van der Waals surface area contributed by atoms with E-state index in [1.807, 2.05) is 0 Å². The molecule has 0 aromatic heterocycles. The molecule has 1 rings (SSSR count). The highest BCUT2D eigenvalue weighted by atomic mass is 16.6. The van der Waals surface area contributed by atoms with Crippen LogP contribution in [0.2, 0.25) is 0 Å². The van der Waals surface area contributed by atoms with E-state index in [1.165, 1.54) is 0 Å². The molecule has 1 unspecified atom stereocenters. The zero-order valence-electron chi connectivity index (χ0n) is 10.9. The van der Waals surface area contributed by atoms with Crippen LogP contribution in [0.15, 0.2) is 0 Å². The highest BCUT2D eigenvalue weighted by Gasteiger charge is 2.39. The Morgan fingerprint density at radius 1 is 1.50 bits per heavy atom. The summed E-state index contributed by atoms with van der Waals surface area (Å²) in [4.78, 5) is 35.8. The van der Waals surface area contributed by atoms with Gasteiger partial charge in [0.1, 0.15) is 11.6 Å². The first-order valence-corrected chi connectivity index (χ1v) is 5.78. The van der Waals surface area contributed by atoms with E-state index in [0.717, 1.165) is 4.90 Å². The standard InChI is InChI=1S/C11H19N3O4/c1-11(2,3)18-10(17)13-7-6-8(15)14(5-4-12)9(7)16/h7H,4-6,12H2,1-3H3,(H,13,17). The molecule has 1 fully saturated rings. The predicted octanol–water partition coefficient (Wildman–Crippen LogP) is -0.403. The van der Waals surface area contributed by atoms with Crippen molar-refractivity contribution < 1.29 is 19.1 Å². The first-order chi connectivity index (χ1) is 8.24. The Kier molecular flexibility index (Phi) is 4.28. The second-order valence-electron chi connectivity index (χ2n) is 5.08. The van der Waals surface area contributed by atoms with Gasteiger partial charge in [0.15, 0.2) is 0 Å². The van der Waals surface area contributed by atoms with Crippen LogP contribution in [0.5, 0.6) is 0 Å². The van der Waals surface area contributed by atoms with Crippen LogP contribution in [-0.2, 0) is 14.3 Å². The van der Waals surface area contributed by atoms with Crippen molar-refractivity contribution in [1.29, 1.82) is 0 Å². The molecule has 0 aliphatic carbocycles. The van der Waals surface area contributed by atoms with Gasteiger partial charge < -0.3 is 15.8 Å². The lowest BCUT2D eigenvalue weighted by atomic mass is 10.2. The summed E-state index contributed by atoms with van der Waals surface area (Å²) in [6, 6.07) is -0.848. The highest BCUT2D eigenvalue weighted by molar-refractivity contribution is 6.06. The number of nitrogens with one attached hydrogen (secondary N) is 1. The van der Waals surface area contributed by atoms with Gasteiger partial charge in [-0.25, -0.2) is 4.79 Å². The number of alkyl carbamates (subject to hydrolysis) is 1. The molecule has 0 spiro atoms. The zero-order chi connectivity index (χ0) is 13.9. The van der Waals surface area contributed by atoms with Gasteiger partial charge in [-0.2, -0.15) is 0 Å². The molecule has 0 saturated carbocycles. The van der Waals surface area contributed by atoms with Crippen LogP contribution in [-0.4, -0.2) is 47.5 Å². The summed E-state index contributed by atoms with van der Waals surface area (Å²) in [5.41, 5.74) is 4.66. The maximum atomic E-state index is 11.8. The molecule has 7 nitrogen and oxygen atoms in total. The monoisotopic (exact) mass is 257 g/mol. The molecule has 1 atom stereocenters. The molecule has 18 heavy (non-hydrogen) atoms. The molecule has 3 N–H and O–H groups in total. The molecule has 1 heterocycles. The Morgan fingerprint density at radius 3 is 2.61 bits per heavy atom. The Morgan fingerprint density at radius 2 is 2.11 bits per heavy atom. The molecule has 1 aliphatic heterocycles. The number of imide groups is 1. The summed E-state index contributed by atoms with van der Waals surface area (Å²) < 4.78 is 5.02. The minimum atomic E-state index is -0.848. The Bertz CT molecular complexity index is 362. The third kappa shape index (κ3) is 3.69. The van der Waals surface area contributed by atoms with Crippen LogP contribution in [0, 0.1) is 0 Å². The minimum absolute atomic E-state index is 0.0436. The van der Waals surface area contributed by atoms with Crippen LogP contribution in [0.25, 0.3) is 0 Å². The van der Waals surface area contributed by atoms with Gasteiger partial charge in [-0.15, -0.1) is 0 Å². The van der Waals surface area contributed by atoms with Gasteiger partial charge in [-0.3, -0.25) is 14.5 Å². The summed E-state index contributed by atoms with van der Waals surface area (Å²) in [5.74, 6) is -0.761. The molecule has 7 heteroatoms. The molecule has 1 saturated heterocycles. The van der Waals surface area contributed by atoms with E-state index in [-0.39, 0.29) is 25.4 Å². The number of nitrogens with zero attached hydrogens (tertiary/aromatic N) is 1. The number of hydrogen-bond donors (Lipinski definition) is 2. The molecule has 0 aromatic carbocycles. The van der Waals surface area contributed by atoms with Crippen LogP contribution >= 0.6 is 0 Å². The lowest BCUT2D eigenvalue weighted by Crippen LogP contribution is -2.44. The quantitative estimate of drug-likeness (QED) is 0.670. The predicted molar refractivity (Wildman–Crippen MR) is 63.5 cm³/mol. The molecular weight excluding hydrogens is 238 g/mol. The van der Waals surface area contributed by atoms with Crippen molar-refractivity contribution in [3.8, 4) is 0 Å². The third-order valence-corrected chi connectivity index (χ3v) is 2.29. The minimum Gasteiger partial charge on any atom is -0.444 e. The molecule has 0 radical (unpaired) electrons. The molecular formula is C11H19N3O4. The van der Waals surface area contributed by atoms with Crippen molar-refractivity contribution in [2.75, 3.05) is 13.1 Å². The Labute approximate surface area is 106 Å². The van der Waals surface area contributed by atoms with Gasteiger partial charge in [-0.05, 0) is 20.8 Å². The van der Waals surface area contributed by atoms with Crippen molar-refractivity contribution in [2.45, 2.75) is 38.8 Å². The maximum absolute atomic E-state index is 11.8. The number of rotatable bonds is 3. The molecule has 102 valence electrons. The van der Waals surface area contributed by atoms with Crippen LogP contribution in [0.1, 0.15) is 27.2 Å². The van der Waals surface area contributed by atoms with E-state index < -0.39 is 23.6 Å². The normalized spacial score (nSPS) is 20.2. The lowest BCUT2D eigenvalue weighted by molar-refractivity contribution is -0.138. The number of carbonyl (C=O) groups is 3. The van der Waals surface area contributed by atoms with Crippen molar-refractivity contribution in [3.63, 3.8) is 0 Å². The average Bonchev–Trinajstić information content (AvgIpc) is 2.43. The number of amides is 3. The van der Waals surface area contributed by atoms with Gasteiger partial charge in [-0.1, -0.05) is 0 Å². The smallest absolute Gasteiger partial charge is 0.408 e. The number of nitrogens with two attached hydrogens (primary N) is 1. The fraction of sp³-hybridized carbons (Fsp3) is 0.727. The number of hydrogen-bond acceptors (Lipinski definition) is 5. The van der Waals surface area contributed by atoms with Crippen molar-refractivity contribution in [1.82, 2.24) is 10.2 Å². The van der Waals surface area contributed by atoms with Crippen molar-refractivity contribution >= 4 is 17.9 Å². The first kappa shape index (κ1) is 14.4. The summed E-state index contributed by atoms with van der Waals surface area (Å²) in [7, 11) is 0. The van der Waals surface area contributed by atoms with E-state index in [2.05, 4.69) is 5.32 Å². The third-order valence-electron chi connectivity index (χ3n) is 2.29. The molecule has 0 bridgehead atoms. The SMILES string of the molecule is CC(C)(C)OC(=O)NC1CC(=O)N(CCN)C1=O. The van der Waals surface area contributed by atoms with Crippen molar-refractivity contribution in [3.05, 3.63) is 0 Å². The number of likely N-dealkylation sites (tertiary alicyclic amines) is 1. The van der Waals surface area contributed by atoms with E-state index in [1.54, 1.807) is 20.8 Å². The largest absolute Gasteiger partial charge is 0.444 e. The fourth-order valence-electron chi connectivity index (χ4n) is 1.61. The van der Waals surface area contributed by atoms with Crippen LogP contribution < -0.4 is 11.1 Å². The van der Waals surface area contributed by atoms with Gasteiger partial charge in [0, 0.05) is 13.1 Å². The maximum Gasteiger partial charge on any atom is 0.408 e. The van der Waals surface area contributed by atoms with Crippen LogP contribution in [0.3, 0.4) is 0 Å². The fourth-order valence-corrected chi connectivity index (χ4v) is 1.61. The molecule has 1 aliphatic rings. The lowest BCUT2D eigenvalue weighted by Gasteiger charge is -2.21. The van der Waals surface area contributed by atoms with Crippen LogP contribution in [0.4, 0.5) is 4.79 Å². The molecule has 0 aromatic rings. The van der Waals surface area contributed by atoms with E-state index >= 15 is 0 Å². The second kappa shape index (κ2) is 5.34. The number of ether oxygens (including phenoxy) is 1. The van der Waals surface area contributed by atoms with E-state index in [4.69, 9.17) is 10.5 Å².